The number of ketones is 1. The van der Waals surface area contributed by atoms with Gasteiger partial charge in [0.15, 0.2) is 11.7 Å². The second-order valence-corrected chi connectivity index (χ2v) is 5.01. The number of anilines is 1. The van der Waals surface area contributed by atoms with Crippen molar-refractivity contribution in [3.8, 4) is 0 Å². The van der Waals surface area contributed by atoms with Gasteiger partial charge in [0.2, 0.25) is 5.97 Å². The van der Waals surface area contributed by atoms with Gasteiger partial charge in [-0.15, -0.1) is 0 Å². The number of halogens is 1. The minimum Gasteiger partial charge on any atom is -0.480 e. The van der Waals surface area contributed by atoms with Crippen LogP contribution in [-0.4, -0.2) is 49.0 Å². The van der Waals surface area contributed by atoms with Crippen LogP contribution in [0.2, 0.25) is 0 Å². The lowest BCUT2D eigenvalue weighted by Crippen LogP contribution is -2.43. The molecule has 2 N–H and O–H groups in total. The molecule has 1 saturated heterocycles. The first-order valence-electron chi connectivity index (χ1n) is 6.69. The van der Waals surface area contributed by atoms with Gasteiger partial charge in [0.25, 0.3) is 0 Å². The third-order valence-electron chi connectivity index (χ3n) is 3.70. The van der Waals surface area contributed by atoms with Crippen molar-refractivity contribution >= 4 is 29.1 Å². The molecule has 1 aromatic rings. The number of aliphatic carboxylic acids is 1. The maximum atomic E-state index is 13.7. The number of rotatable bonds is 2. The molecular formula is C14H14FN3O3. The minimum absolute atomic E-state index is 0.155. The van der Waals surface area contributed by atoms with E-state index in [1.54, 1.807) is 12.1 Å². The average Bonchev–Trinajstić information content (AvgIpc) is 2.47. The Kier molecular flexibility index (Phi) is 3.42. The van der Waals surface area contributed by atoms with Crippen LogP contribution in [0.15, 0.2) is 23.2 Å². The van der Waals surface area contributed by atoms with Gasteiger partial charge in [0.1, 0.15) is 0 Å². The number of carboxylic acids is 1. The SMILES string of the molecule is O=C(O)C1C(=O)c2ccc(N3CCNCC3)cc2N=C1F. The number of fused-ring (bicyclic) bond motifs is 1. The van der Waals surface area contributed by atoms with Crippen molar-refractivity contribution in [1.29, 1.82) is 0 Å². The molecule has 0 spiro atoms. The van der Waals surface area contributed by atoms with Crippen LogP contribution in [0.3, 0.4) is 0 Å². The van der Waals surface area contributed by atoms with Gasteiger partial charge >= 0.3 is 5.97 Å². The largest absolute Gasteiger partial charge is 0.480 e. The monoisotopic (exact) mass is 291 g/mol. The molecular weight excluding hydrogens is 277 g/mol. The van der Waals surface area contributed by atoms with Crippen molar-refractivity contribution in [2.24, 2.45) is 10.9 Å². The summed E-state index contributed by atoms with van der Waals surface area (Å²) in [5.74, 6) is -5.24. The lowest BCUT2D eigenvalue weighted by molar-refractivity contribution is -0.138. The normalized spacial score (nSPS) is 21.8. The topological polar surface area (TPSA) is 82.0 Å². The summed E-state index contributed by atoms with van der Waals surface area (Å²) < 4.78 is 13.7. The molecule has 1 fully saturated rings. The maximum Gasteiger partial charge on any atom is 0.323 e. The first-order valence-corrected chi connectivity index (χ1v) is 6.69. The Labute approximate surface area is 120 Å². The van der Waals surface area contributed by atoms with Crippen molar-refractivity contribution in [2.45, 2.75) is 0 Å². The Balaban J connectivity index is 1.97. The minimum atomic E-state index is -1.82. The van der Waals surface area contributed by atoms with E-state index in [0.29, 0.717) is 0 Å². The summed E-state index contributed by atoms with van der Waals surface area (Å²) in [4.78, 5) is 28.7. The molecule has 2 heterocycles. The molecule has 2 aliphatic rings. The highest BCUT2D eigenvalue weighted by Gasteiger charge is 2.38. The highest BCUT2D eigenvalue weighted by molar-refractivity contribution is 6.25. The van der Waals surface area contributed by atoms with E-state index in [1.165, 1.54) is 6.07 Å². The number of nitrogens with zero attached hydrogens (tertiary/aromatic N) is 2. The molecule has 110 valence electrons. The number of carbonyl (C=O) groups excluding carboxylic acids is 1. The van der Waals surface area contributed by atoms with Gasteiger partial charge in [-0.1, -0.05) is 0 Å². The number of hydrogen-bond acceptors (Lipinski definition) is 5. The van der Waals surface area contributed by atoms with E-state index in [2.05, 4.69) is 15.2 Å². The first kappa shape index (κ1) is 13.7. The van der Waals surface area contributed by atoms with Gasteiger partial charge in [-0.3, -0.25) is 9.59 Å². The summed E-state index contributed by atoms with van der Waals surface area (Å²) in [5.41, 5.74) is 1.21. The van der Waals surface area contributed by atoms with Crippen LogP contribution < -0.4 is 10.2 Å². The summed E-state index contributed by atoms with van der Waals surface area (Å²) in [6.45, 7) is 3.34. The van der Waals surface area contributed by atoms with Crippen LogP contribution in [0.5, 0.6) is 0 Å². The second-order valence-electron chi connectivity index (χ2n) is 5.01. The van der Waals surface area contributed by atoms with Crippen LogP contribution in [0.1, 0.15) is 10.4 Å². The summed E-state index contributed by atoms with van der Waals surface area (Å²) in [5, 5.41) is 12.1. The number of nitrogens with one attached hydrogen (secondary N) is 1. The molecule has 3 rings (SSSR count). The number of hydrogen-bond donors (Lipinski definition) is 2. The maximum absolute atomic E-state index is 13.7. The molecule has 7 heteroatoms. The van der Waals surface area contributed by atoms with Crippen LogP contribution >= 0.6 is 0 Å². The van der Waals surface area contributed by atoms with Crippen LogP contribution in [-0.2, 0) is 4.79 Å². The van der Waals surface area contributed by atoms with E-state index in [4.69, 9.17) is 5.11 Å². The summed E-state index contributed by atoms with van der Waals surface area (Å²) in [6, 6.07) is 4.91. The molecule has 0 saturated carbocycles. The molecule has 6 nitrogen and oxygen atoms in total. The molecule has 21 heavy (non-hydrogen) atoms. The van der Waals surface area contributed by atoms with E-state index in [-0.39, 0.29) is 11.3 Å². The highest BCUT2D eigenvalue weighted by Crippen LogP contribution is 2.33. The Bertz CT molecular complexity index is 638. The summed E-state index contributed by atoms with van der Waals surface area (Å²) in [7, 11) is 0. The first-order chi connectivity index (χ1) is 10.1. The van der Waals surface area contributed by atoms with Gasteiger partial charge < -0.3 is 15.3 Å². The molecule has 0 aromatic heterocycles. The van der Waals surface area contributed by atoms with Crippen molar-refractivity contribution in [3.63, 3.8) is 0 Å². The fourth-order valence-corrected chi connectivity index (χ4v) is 2.60. The Hall–Kier alpha value is -2.28. The zero-order valence-electron chi connectivity index (χ0n) is 11.2. The predicted molar refractivity (Wildman–Crippen MR) is 75.2 cm³/mol. The number of benzene rings is 1. The summed E-state index contributed by atoms with van der Waals surface area (Å²) in [6.07, 6.45) is 0. The van der Waals surface area contributed by atoms with E-state index in [0.717, 1.165) is 31.9 Å². The number of piperazine rings is 1. The van der Waals surface area contributed by atoms with E-state index >= 15 is 0 Å². The second kappa shape index (κ2) is 5.25. The van der Waals surface area contributed by atoms with Crippen molar-refractivity contribution < 1.29 is 19.1 Å². The average molecular weight is 291 g/mol. The van der Waals surface area contributed by atoms with Crippen LogP contribution in [0.4, 0.5) is 15.8 Å². The third kappa shape index (κ3) is 2.40. The Morgan fingerprint density at radius 2 is 2.10 bits per heavy atom. The van der Waals surface area contributed by atoms with E-state index in [1.807, 2.05) is 0 Å². The molecule has 0 bridgehead atoms. The molecule has 0 amide bonds. The number of aliphatic imine (C=N–C) groups is 1. The smallest absolute Gasteiger partial charge is 0.323 e. The lowest BCUT2D eigenvalue weighted by Gasteiger charge is -2.30. The van der Waals surface area contributed by atoms with Gasteiger partial charge in [-0.05, 0) is 18.2 Å². The third-order valence-corrected chi connectivity index (χ3v) is 3.70. The fraction of sp³-hybridized carbons (Fsp3) is 0.357. The van der Waals surface area contributed by atoms with Gasteiger partial charge in [-0.2, -0.15) is 4.39 Å². The molecule has 0 radical (unpaired) electrons. The Morgan fingerprint density at radius 1 is 1.38 bits per heavy atom. The molecule has 0 aliphatic carbocycles. The zero-order chi connectivity index (χ0) is 15.0. The van der Waals surface area contributed by atoms with Crippen molar-refractivity contribution in [1.82, 2.24) is 5.32 Å². The van der Waals surface area contributed by atoms with E-state index in [9.17, 15) is 14.0 Å². The zero-order valence-corrected chi connectivity index (χ0v) is 11.2. The molecule has 2 aliphatic heterocycles. The highest BCUT2D eigenvalue weighted by atomic mass is 19.1. The quantitative estimate of drug-likeness (QED) is 0.794. The summed E-state index contributed by atoms with van der Waals surface area (Å²) >= 11 is 0. The van der Waals surface area contributed by atoms with Crippen LogP contribution in [0, 0.1) is 5.92 Å². The Morgan fingerprint density at radius 3 is 2.76 bits per heavy atom. The van der Waals surface area contributed by atoms with Crippen molar-refractivity contribution in [2.75, 3.05) is 31.1 Å². The predicted octanol–water partition coefficient (Wildman–Crippen LogP) is 0.993. The van der Waals surface area contributed by atoms with Gasteiger partial charge in [-0.25, -0.2) is 4.99 Å². The van der Waals surface area contributed by atoms with Crippen molar-refractivity contribution in [3.05, 3.63) is 23.8 Å². The number of carboxylic acid groups (broad SMARTS) is 1. The number of carbonyl (C=O) groups is 2. The van der Waals surface area contributed by atoms with Gasteiger partial charge in [0, 0.05) is 37.4 Å². The standard InChI is InChI=1S/C14H14FN3O3/c15-13-11(14(20)21)12(19)9-2-1-8(7-10(9)17-13)18-5-3-16-4-6-18/h1-2,7,11,16H,3-6H2,(H,20,21). The fourth-order valence-electron chi connectivity index (χ4n) is 2.60. The van der Waals surface area contributed by atoms with E-state index < -0.39 is 23.6 Å². The molecule has 1 aromatic carbocycles. The molecule has 1 unspecified atom stereocenters. The van der Waals surface area contributed by atoms with Gasteiger partial charge in [0.05, 0.1) is 5.69 Å². The molecule has 1 atom stereocenters. The lowest BCUT2D eigenvalue weighted by atomic mass is 9.93. The number of Topliss-reactive ketones (excluding diaryl/α,β-unsaturated/α-hetero) is 1. The van der Waals surface area contributed by atoms with Crippen LogP contribution in [0.25, 0.3) is 0 Å².